The molecular weight excluding hydrogens is 214 g/mol. The first-order chi connectivity index (χ1) is 8.22. The van der Waals surface area contributed by atoms with E-state index in [2.05, 4.69) is 24.1 Å². The molecule has 98 valence electrons. The Kier molecular flexibility index (Phi) is 4.40. The molecule has 2 atom stereocenters. The van der Waals surface area contributed by atoms with Gasteiger partial charge in [-0.25, -0.2) is 0 Å². The van der Waals surface area contributed by atoms with Crippen molar-refractivity contribution < 1.29 is 4.79 Å². The lowest BCUT2D eigenvalue weighted by atomic mass is 10.1. The lowest BCUT2D eigenvalue weighted by molar-refractivity contribution is -0.130. The minimum atomic E-state index is 0.0476. The summed E-state index contributed by atoms with van der Waals surface area (Å²) in [7, 11) is 0. The van der Waals surface area contributed by atoms with E-state index in [-0.39, 0.29) is 18.1 Å². The molecule has 0 radical (unpaired) electrons. The zero-order chi connectivity index (χ0) is 12.3. The largest absolute Gasteiger partial charge is 0.325 e. The molecule has 17 heavy (non-hydrogen) atoms. The van der Waals surface area contributed by atoms with Crippen molar-refractivity contribution in [2.24, 2.45) is 0 Å². The maximum Gasteiger partial charge on any atom is 0.241 e. The van der Waals surface area contributed by atoms with Crippen LogP contribution in [0.15, 0.2) is 0 Å². The maximum atomic E-state index is 12.1. The van der Waals surface area contributed by atoms with Crippen LogP contribution in [0.1, 0.15) is 39.5 Å². The van der Waals surface area contributed by atoms with Crippen molar-refractivity contribution in [2.75, 3.05) is 26.2 Å². The molecule has 2 saturated heterocycles. The quantitative estimate of drug-likeness (QED) is 0.796. The molecule has 0 spiro atoms. The smallest absolute Gasteiger partial charge is 0.241 e. The minimum absolute atomic E-state index is 0.0476. The highest BCUT2D eigenvalue weighted by molar-refractivity contribution is 5.84. The third-order valence-electron chi connectivity index (χ3n) is 4.01. The van der Waals surface area contributed by atoms with Crippen LogP contribution in [0, 0.1) is 0 Å². The average molecular weight is 239 g/mol. The molecule has 0 aromatic rings. The normalized spacial score (nSPS) is 31.2. The number of nitrogens with one attached hydrogen (secondary N) is 1. The highest BCUT2D eigenvalue weighted by atomic mass is 16.2. The Morgan fingerprint density at radius 1 is 1.24 bits per heavy atom. The van der Waals surface area contributed by atoms with Crippen molar-refractivity contribution in [1.82, 2.24) is 15.1 Å². The Morgan fingerprint density at radius 3 is 2.53 bits per heavy atom. The van der Waals surface area contributed by atoms with E-state index in [1.54, 1.807) is 0 Å². The van der Waals surface area contributed by atoms with Crippen LogP contribution in [-0.4, -0.2) is 54.1 Å². The third-order valence-corrected chi connectivity index (χ3v) is 4.01. The first-order valence-corrected chi connectivity index (χ1v) is 7.01. The summed E-state index contributed by atoms with van der Waals surface area (Å²) in [5, 5.41) is 3.35. The van der Waals surface area contributed by atoms with Crippen molar-refractivity contribution in [2.45, 2.75) is 51.7 Å². The molecule has 1 amide bonds. The number of hydrogen-bond acceptors (Lipinski definition) is 3. The second kappa shape index (κ2) is 5.83. The lowest BCUT2D eigenvalue weighted by Crippen LogP contribution is -2.42. The zero-order valence-corrected chi connectivity index (χ0v) is 11.1. The van der Waals surface area contributed by atoms with Crippen LogP contribution < -0.4 is 5.32 Å². The monoisotopic (exact) mass is 239 g/mol. The molecule has 0 bridgehead atoms. The summed E-state index contributed by atoms with van der Waals surface area (Å²) in [5.41, 5.74) is 0. The van der Waals surface area contributed by atoms with Crippen molar-refractivity contribution in [3.05, 3.63) is 0 Å². The number of carbonyl (C=O) groups excluding carboxylic acids is 1. The second-order valence-electron chi connectivity index (χ2n) is 5.24. The zero-order valence-electron chi connectivity index (χ0n) is 11.1. The molecule has 0 saturated carbocycles. The van der Waals surface area contributed by atoms with E-state index in [0.29, 0.717) is 0 Å². The molecule has 2 aliphatic heterocycles. The molecule has 0 aromatic carbocycles. The van der Waals surface area contributed by atoms with E-state index >= 15 is 0 Å². The molecule has 2 aliphatic rings. The number of piperidine rings is 1. The third kappa shape index (κ3) is 2.99. The fourth-order valence-electron chi connectivity index (χ4n) is 2.87. The number of carbonyl (C=O) groups is 1. The molecule has 2 rings (SSSR count). The van der Waals surface area contributed by atoms with Crippen molar-refractivity contribution in [3.8, 4) is 0 Å². The molecule has 1 N–H and O–H groups in total. The molecule has 2 fully saturated rings. The summed E-state index contributed by atoms with van der Waals surface area (Å²) in [6, 6.07) is 0.0476. The van der Waals surface area contributed by atoms with E-state index < -0.39 is 0 Å². The van der Waals surface area contributed by atoms with Gasteiger partial charge in [-0.1, -0.05) is 13.3 Å². The molecule has 0 aliphatic carbocycles. The van der Waals surface area contributed by atoms with Gasteiger partial charge in [0.15, 0.2) is 0 Å². The lowest BCUT2D eigenvalue weighted by Gasteiger charge is -2.29. The maximum absolute atomic E-state index is 12.1. The van der Waals surface area contributed by atoms with E-state index in [9.17, 15) is 4.79 Å². The van der Waals surface area contributed by atoms with Gasteiger partial charge in [0.2, 0.25) is 5.91 Å². The standard InChI is InChI=1S/C13H25N3O/c1-3-12-13(17)16(11(2)14-12)10-9-15-7-5-4-6-8-15/h11-12,14H,3-10H2,1-2H3. The highest BCUT2D eigenvalue weighted by Gasteiger charge is 2.34. The summed E-state index contributed by atoms with van der Waals surface area (Å²) < 4.78 is 0. The van der Waals surface area contributed by atoms with E-state index in [1.807, 2.05) is 4.90 Å². The van der Waals surface area contributed by atoms with Crippen LogP contribution >= 0.6 is 0 Å². The van der Waals surface area contributed by atoms with Gasteiger partial charge in [0.05, 0.1) is 12.2 Å². The summed E-state index contributed by atoms with van der Waals surface area (Å²) in [6.07, 6.45) is 5.11. The van der Waals surface area contributed by atoms with Crippen LogP contribution in [0.5, 0.6) is 0 Å². The van der Waals surface area contributed by atoms with Gasteiger partial charge in [0.25, 0.3) is 0 Å². The second-order valence-corrected chi connectivity index (χ2v) is 5.24. The summed E-state index contributed by atoms with van der Waals surface area (Å²) >= 11 is 0. The summed E-state index contributed by atoms with van der Waals surface area (Å²) in [4.78, 5) is 16.6. The van der Waals surface area contributed by atoms with Crippen molar-refractivity contribution in [3.63, 3.8) is 0 Å². The first-order valence-electron chi connectivity index (χ1n) is 7.01. The molecule has 4 heteroatoms. The fraction of sp³-hybridized carbons (Fsp3) is 0.923. The van der Waals surface area contributed by atoms with Gasteiger partial charge in [0, 0.05) is 13.1 Å². The van der Waals surface area contributed by atoms with Gasteiger partial charge in [0.1, 0.15) is 0 Å². The van der Waals surface area contributed by atoms with Gasteiger partial charge >= 0.3 is 0 Å². The predicted molar refractivity (Wildman–Crippen MR) is 68.7 cm³/mol. The Balaban J connectivity index is 1.79. The molecular formula is C13H25N3O. The van der Waals surface area contributed by atoms with Crippen LogP contribution in [0.2, 0.25) is 0 Å². The van der Waals surface area contributed by atoms with E-state index in [0.717, 1.165) is 19.5 Å². The van der Waals surface area contributed by atoms with E-state index in [1.165, 1.54) is 32.4 Å². The number of nitrogens with zero attached hydrogens (tertiary/aromatic N) is 2. The molecule has 2 unspecified atom stereocenters. The topological polar surface area (TPSA) is 35.6 Å². The number of hydrogen-bond donors (Lipinski definition) is 1. The van der Waals surface area contributed by atoms with Gasteiger partial charge in [-0.3, -0.25) is 10.1 Å². The Morgan fingerprint density at radius 2 is 1.94 bits per heavy atom. The van der Waals surface area contributed by atoms with Gasteiger partial charge in [-0.05, 0) is 39.3 Å². The Hall–Kier alpha value is -0.610. The van der Waals surface area contributed by atoms with E-state index in [4.69, 9.17) is 0 Å². The number of amides is 1. The van der Waals surface area contributed by atoms with Gasteiger partial charge in [-0.2, -0.15) is 0 Å². The van der Waals surface area contributed by atoms with Gasteiger partial charge < -0.3 is 9.80 Å². The summed E-state index contributed by atoms with van der Waals surface area (Å²) in [5.74, 6) is 0.289. The van der Waals surface area contributed by atoms with Crippen molar-refractivity contribution >= 4 is 5.91 Å². The highest BCUT2D eigenvalue weighted by Crippen LogP contribution is 2.14. The van der Waals surface area contributed by atoms with Crippen LogP contribution in [0.25, 0.3) is 0 Å². The van der Waals surface area contributed by atoms with Crippen LogP contribution in [0.4, 0.5) is 0 Å². The molecule has 0 aromatic heterocycles. The fourth-order valence-corrected chi connectivity index (χ4v) is 2.87. The van der Waals surface area contributed by atoms with Crippen LogP contribution in [-0.2, 0) is 4.79 Å². The minimum Gasteiger partial charge on any atom is -0.325 e. The Bertz CT molecular complexity index is 263. The SMILES string of the molecule is CCC1NC(C)N(CCN2CCCCC2)C1=O. The number of likely N-dealkylation sites (tertiary alicyclic amines) is 1. The van der Waals surface area contributed by atoms with Gasteiger partial charge in [-0.15, -0.1) is 0 Å². The van der Waals surface area contributed by atoms with Crippen LogP contribution in [0.3, 0.4) is 0 Å². The number of rotatable bonds is 4. The summed E-state index contributed by atoms with van der Waals surface area (Å²) in [6.45, 7) is 8.49. The average Bonchev–Trinajstić information content (AvgIpc) is 2.63. The predicted octanol–water partition coefficient (Wildman–Crippen LogP) is 1.03. The van der Waals surface area contributed by atoms with Crippen molar-refractivity contribution in [1.29, 1.82) is 0 Å². The molecule has 2 heterocycles. The first kappa shape index (κ1) is 12.8. The Labute approximate surface area is 104 Å². The molecule has 4 nitrogen and oxygen atoms in total.